The van der Waals surface area contributed by atoms with Gasteiger partial charge in [0.25, 0.3) is 11.1 Å². The molecule has 0 radical (unpaired) electrons. The van der Waals surface area contributed by atoms with Crippen molar-refractivity contribution in [2.24, 2.45) is 0 Å². The van der Waals surface area contributed by atoms with Crippen molar-refractivity contribution in [2.75, 3.05) is 0 Å². The first kappa shape index (κ1) is 20.4. The topological polar surface area (TPSA) is 39.1 Å². The fourth-order valence-corrected chi connectivity index (χ4v) is 5.23. The van der Waals surface area contributed by atoms with E-state index in [0.29, 0.717) is 11.1 Å². The number of nitrogens with zero attached hydrogens (tertiary/aromatic N) is 1. The van der Waals surface area contributed by atoms with Gasteiger partial charge < -0.3 is 0 Å². The van der Waals surface area contributed by atoms with Crippen LogP contribution in [0.2, 0.25) is 0 Å². The smallest absolute Gasteiger partial charge is 0.265 e. The number of para-hydroxylation sites is 1. The summed E-state index contributed by atoms with van der Waals surface area (Å²) in [5.74, 6) is 0. The Morgan fingerprint density at radius 2 is 1.26 bits per heavy atom. The summed E-state index contributed by atoms with van der Waals surface area (Å²) in [6, 6.07) is 33.2. The van der Waals surface area contributed by atoms with Crippen molar-refractivity contribution in [3.05, 3.63) is 135 Å². The zero-order valence-corrected chi connectivity index (χ0v) is 19.1. The number of rotatable bonds is 2. The minimum Gasteiger partial charge on any atom is -0.269 e. The van der Waals surface area contributed by atoms with Gasteiger partial charge in [-0.25, -0.2) is 4.57 Å². The van der Waals surface area contributed by atoms with Gasteiger partial charge in [0.05, 0.1) is 5.69 Å². The van der Waals surface area contributed by atoms with E-state index in [4.69, 9.17) is 0 Å². The number of aromatic nitrogens is 1. The number of fused-ring (bicyclic) bond motifs is 4. The van der Waals surface area contributed by atoms with E-state index in [9.17, 15) is 9.59 Å². The van der Waals surface area contributed by atoms with Crippen LogP contribution in [0.5, 0.6) is 0 Å². The van der Waals surface area contributed by atoms with E-state index in [-0.39, 0.29) is 16.5 Å². The van der Waals surface area contributed by atoms with Gasteiger partial charge in [-0.2, -0.15) is 0 Å². The lowest BCUT2D eigenvalue weighted by Crippen LogP contribution is -2.27. The van der Waals surface area contributed by atoms with E-state index >= 15 is 0 Å². The van der Waals surface area contributed by atoms with Crippen LogP contribution in [0.25, 0.3) is 38.7 Å². The van der Waals surface area contributed by atoms with Crippen molar-refractivity contribution >= 4 is 10.8 Å². The van der Waals surface area contributed by atoms with Crippen LogP contribution in [0.4, 0.5) is 0 Å². The van der Waals surface area contributed by atoms with Gasteiger partial charge in [-0.15, -0.1) is 0 Å². The maximum absolute atomic E-state index is 13.5. The molecule has 6 rings (SSSR count). The molecule has 0 N–H and O–H groups in total. The Bertz CT molecular complexity index is 1710. The third-order valence-corrected chi connectivity index (χ3v) is 7.04. The van der Waals surface area contributed by atoms with Gasteiger partial charge in [0.1, 0.15) is 0 Å². The predicted molar refractivity (Wildman–Crippen MR) is 139 cm³/mol. The van der Waals surface area contributed by atoms with E-state index in [1.54, 1.807) is 18.2 Å². The fourth-order valence-electron chi connectivity index (χ4n) is 5.23. The van der Waals surface area contributed by atoms with Crippen LogP contribution in [0.1, 0.15) is 25.0 Å². The summed E-state index contributed by atoms with van der Waals surface area (Å²) in [4.78, 5) is 26.3. The molecule has 0 saturated carbocycles. The molecule has 1 heterocycles. The molecule has 0 spiro atoms. The molecule has 164 valence electrons. The van der Waals surface area contributed by atoms with Crippen molar-refractivity contribution in [2.45, 2.75) is 19.3 Å². The first-order valence-electron chi connectivity index (χ1n) is 11.5. The molecule has 3 heteroatoms. The quantitative estimate of drug-likeness (QED) is 0.321. The molecule has 34 heavy (non-hydrogen) atoms. The Balaban J connectivity index is 1.56. The highest BCUT2D eigenvalue weighted by Gasteiger charge is 2.35. The zero-order valence-electron chi connectivity index (χ0n) is 19.1. The summed E-state index contributed by atoms with van der Waals surface area (Å²) in [5, 5.41) is 1.26. The average Bonchev–Trinajstić information content (AvgIpc) is 3.01. The molecule has 1 aromatic heterocycles. The van der Waals surface area contributed by atoms with E-state index in [0.717, 1.165) is 16.5 Å². The Hall–Kier alpha value is -4.24. The van der Waals surface area contributed by atoms with Crippen molar-refractivity contribution in [1.82, 2.24) is 4.57 Å². The van der Waals surface area contributed by atoms with Crippen LogP contribution in [0.15, 0.2) is 113 Å². The Kier molecular flexibility index (Phi) is 4.43. The van der Waals surface area contributed by atoms with Gasteiger partial charge in [0, 0.05) is 16.9 Å². The number of benzene rings is 4. The van der Waals surface area contributed by atoms with Crippen molar-refractivity contribution in [3.63, 3.8) is 0 Å². The largest absolute Gasteiger partial charge is 0.269 e. The molecule has 0 amide bonds. The third-order valence-electron chi connectivity index (χ3n) is 7.04. The molecule has 0 bridgehead atoms. The summed E-state index contributed by atoms with van der Waals surface area (Å²) >= 11 is 0. The molecular formula is C31H23NO2. The molecule has 1 aliphatic carbocycles. The Morgan fingerprint density at radius 1 is 0.618 bits per heavy atom. The minimum atomic E-state index is -0.342. The second-order valence-electron chi connectivity index (χ2n) is 9.38. The maximum atomic E-state index is 13.5. The number of hydrogen-bond donors (Lipinski definition) is 0. The van der Waals surface area contributed by atoms with E-state index in [1.165, 1.54) is 32.9 Å². The first-order chi connectivity index (χ1) is 16.4. The van der Waals surface area contributed by atoms with Gasteiger partial charge in [-0.3, -0.25) is 9.59 Å². The highest BCUT2D eigenvalue weighted by Crippen LogP contribution is 2.49. The lowest BCUT2D eigenvalue weighted by atomic mass is 9.81. The average molecular weight is 442 g/mol. The Morgan fingerprint density at radius 3 is 2.09 bits per heavy atom. The van der Waals surface area contributed by atoms with Crippen molar-refractivity contribution in [3.8, 4) is 27.9 Å². The van der Waals surface area contributed by atoms with Crippen LogP contribution in [0.3, 0.4) is 0 Å². The van der Waals surface area contributed by atoms with Crippen LogP contribution < -0.4 is 11.1 Å². The normalized spacial score (nSPS) is 13.5. The molecule has 3 nitrogen and oxygen atoms in total. The van der Waals surface area contributed by atoms with Gasteiger partial charge in [-0.05, 0) is 69.1 Å². The lowest BCUT2D eigenvalue weighted by molar-refractivity contribution is 0.660. The summed E-state index contributed by atoms with van der Waals surface area (Å²) in [6.07, 6.45) is 0. The lowest BCUT2D eigenvalue weighted by Gasteiger charge is -2.22. The number of hydrogen-bond acceptors (Lipinski definition) is 2. The fraction of sp³-hybridized carbons (Fsp3) is 0.0968. The summed E-state index contributed by atoms with van der Waals surface area (Å²) in [6.45, 7) is 4.52. The highest BCUT2D eigenvalue weighted by atomic mass is 16.2. The van der Waals surface area contributed by atoms with Gasteiger partial charge in [0.2, 0.25) is 0 Å². The van der Waals surface area contributed by atoms with Crippen LogP contribution in [0, 0.1) is 0 Å². The molecule has 0 atom stereocenters. The van der Waals surface area contributed by atoms with E-state index in [1.807, 2.05) is 36.4 Å². The molecule has 4 aromatic carbocycles. The van der Waals surface area contributed by atoms with Crippen LogP contribution in [-0.4, -0.2) is 4.57 Å². The van der Waals surface area contributed by atoms with Gasteiger partial charge in [-0.1, -0.05) is 80.6 Å². The summed E-state index contributed by atoms with van der Waals surface area (Å²) in [5.41, 5.74) is 7.00. The second-order valence-corrected chi connectivity index (χ2v) is 9.38. The predicted octanol–water partition coefficient (Wildman–Crippen LogP) is 6.32. The maximum Gasteiger partial charge on any atom is 0.265 e. The highest BCUT2D eigenvalue weighted by molar-refractivity contribution is 5.88. The zero-order chi connectivity index (χ0) is 23.4. The van der Waals surface area contributed by atoms with Gasteiger partial charge in [0.15, 0.2) is 0 Å². The summed E-state index contributed by atoms with van der Waals surface area (Å²) < 4.78 is 1.24. The van der Waals surface area contributed by atoms with E-state index in [2.05, 4.69) is 56.3 Å². The third kappa shape index (κ3) is 2.97. The van der Waals surface area contributed by atoms with Crippen molar-refractivity contribution in [1.29, 1.82) is 0 Å². The molecule has 5 aromatic rings. The standard InChI is InChI=1S/C31H23NO2/c1-31(2)27-11-7-6-10-24(27)25-16-14-22(19-28(25)31)21-13-12-20-15-17-29(33)32(30(34)26(20)18-21)23-8-4-3-5-9-23/h3-19H,1-2H3. The van der Waals surface area contributed by atoms with E-state index < -0.39 is 0 Å². The molecule has 0 unspecified atom stereocenters. The molecule has 0 saturated heterocycles. The van der Waals surface area contributed by atoms with Gasteiger partial charge >= 0.3 is 0 Å². The van der Waals surface area contributed by atoms with Crippen molar-refractivity contribution < 1.29 is 0 Å². The van der Waals surface area contributed by atoms with Crippen LogP contribution in [-0.2, 0) is 5.41 Å². The molecule has 1 aliphatic rings. The first-order valence-corrected chi connectivity index (χ1v) is 11.5. The SMILES string of the molecule is CC1(C)c2ccccc2-c2ccc(-c3ccc4ccc(=O)n(-c5ccccc5)c(=O)c4c3)cc21. The monoisotopic (exact) mass is 441 g/mol. The Labute approximate surface area is 197 Å². The molecular weight excluding hydrogens is 418 g/mol. The minimum absolute atomic E-state index is 0.0945. The molecule has 0 aliphatic heterocycles. The van der Waals surface area contributed by atoms with Crippen LogP contribution >= 0.6 is 0 Å². The summed E-state index contributed by atoms with van der Waals surface area (Å²) in [7, 11) is 0. The second kappa shape index (κ2) is 7.39. The molecule has 0 fully saturated rings.